The van der Waals surface area contributed by atoms with Gasteiger partial charge in [-0.25, -0.2) is 0 Å². The van der Waals surface area contributed by atoms with Gasteiger partial charge in [0.1, 0.15) is 13.2 Å². The average Bonchev–Trinajstić information content (AvgIpc) is 3.47. The first-order valence-electron chi connectivity index (χ1n) is 34.7. The molecule has 0 aromatic heterocycles. The SMILES string of the molecule is CC/C=C\C/C=C\C/C=C\C/C=C\C/C=C\C/C=C\C/C=C\C/C=C\CCCCCCCCC(=O)OCC(COC(=O)CCCCCCCCCCC)OC(=O)CCCCCCCCCCCCCCCCCCCCCCCCC. The second-order valence-electron chi connectivity index (χ2n) is 23.1. The number of ether oxygens (including phenoxy) is 3. The van der Waals surface area contributed by atoms with Crippen LogP contribution >= 0.6 is 0 Å². The van der Waals surface area contributed by atoms with Crippen molar-refractivity contribution in [2.24, 2.45) is 0 Å². The molecule has 0 saturated heterocycles. The van der Waals surface area contributed by atoms with E-state index in [4.69, 9.17) is 14.2 Å². The van der Waals surface area contributed by atoms with Gasteiger partial charge in [-0.05, 0) is 83.5 Å². The molecule has 0 N–H and O–H groups in total. The highest BCUT2D eigenvalue weighted by atomic mass is 16.6. The Bertz CT molecular complexity index is 1580. The normalized spacial score (nSPS) is 12.7. The lowest BCUT2D eigenvalue weighted by molar-refractivity contribution is -0.167. The number of unbranched alkanes of at least 4 members (excludes halogenated alkanes) is 36. The van der Waals surface area contributed by atoms with Gasteiger partial charge in [-0.15, -0.1) is 0 Å². The molecule has 0 aromatic carbocycles. The molecule has 1 atom stereocenters. The number of hydrogen-bond donors (Lipinski definition) is 0. The predicted octanol–water partition coefficient (Wildman–Crippen LogP) is 24.0. The van der Waals surface area contributed by atoms with E-state index in [9.17, 15) is 14.4 Å². The third kappa shape index (κ3) is 67.0. The maximum atomic E-state index is 12.9. The van der Waals surface area contributed by atoms with Gasteiger partial charge in [0.25, 0.3) is 0 Å². The molecule has 6 heteroatoms. The number of hydrogen-bond acceptors (Lipinski definition) is 6. The van der Waals surface area contributed by atoms with Crippen LogP contribution in [0, 0.1) is 0 Å². The minimum Gasteiger partial charge on any atom is -0.462 e. The molecule has 0 spiro atoms. The summed E-state index contributed by atoms with van der Waals surface area (Å²) in [6.07, 6.45) is 93.0. The minimum absolute atomic E-state index is 0.0777. The van der Waals surface area contributed by atoms with Crippen LogP contribution in [-0.4, -0.2) is 37.2 Å². The van der Waals surface area contributed by atoms with E-state index < -0.39 is 6.10 Å². The summed E-state index contributed by atoms with van der Waals surface area (Å²) in [7, 11) is 0. The van der Waals surface area contributed by atoms with Crippen LogP contribution in [0.5, 0.6) is 0 Å². The van der Waals surface area contributed by atoms with Crippen LogP contribution in [0.4, 0.5) is 0 Å². The van der Waals surface area contributed by atoms with Gasteiger partial charge in [0.05, 0.1) is 0 Å². The molecule has 0 amide bonds. The summed E-state index contributed by atoms with van der Waals surface area (Å²) in [6.45, 7) is 6.54. The van der Waals surface area contributed by atoms with Crippen molar-refractivity contribution >= 4 is 17.9 Å². The summed E-state index contributed by atoms with van der Waals surface area (Å²) in [5.41, 5.74) is 0. The van der Waals surface area contributed by atoms with Gasteiger partial charge < -0.3 is 14.2 Å². The van der Waals surface area contributed by atoms with E-state index >= 15 is 0 Å². The van der Waals surface area contributed by atoms with Crippen molar-refractivity contribution in [3.05, 3.63) is 97.2 Å². The third-order valence-corrected chi connectivity index (χ3v) is 15.1. The average molecular weight is 1130 g/mol. The zero-order valence-electron chi connectivity index (χ0n) is 53.5. The summed E-state index contributed by atoms with van der Waals surface area (Å²) < 4.78 is 16.9. The number of esters is 3. The second kappa shape index (κ2) is 68.8. The molecule has 0 heterocycles. The number of carbonyl (C=O) groups excluding carboxylic acids is 3. The van der Waals surface area contributed by atoms with Gasteiger partial charge >= 0.3 is 17.9 Å². The highest BCUT2D eigenvalue weighted by Crippen LogP contribution is 2.18. The lowest BCUT2D eigenvalue weighted by atomic mass is 10.0. The van der Waals surface area contributed by atoms with E-state index in [1.807, 2.05) is 0 Å². The van der Waals surface area contributed by atoms with Crippen molar-refractivity contribution < 1.29 is 28.6 Å². The third-order valence-electron chi connectivity index (χ3n) is 15.1. The zero-order chi connectivity index (χ0) is 58.5. The Balaban J connectivity index is 4.21. The monoisotopic (exact) mass is 1130 g/mol. The Labute approximate surface area is 502 Å². The van der Waals surface area contributed by atoms with E-state index in [1.165, 1.54) is 180 Å². The summed E-state index contributed by atoms with van der Waals surface area (Å²) >= 11 is 0. The molecule has 0 aliphatic rings. The molecule has 0 aliphatic carbocycles. The molecule has 1 unspecified atom stereocenters. The van der Waals surface area contributed by atoms with Gasteiger partial charge in [-0.2, -0.15) is 0 Å². The van der Waals surface area contributed by atoms with E-state index in [2.05, 4.69) is 118 Å². The second-order valence-corrected chi connectivity index (χ2v) is 23.1. The van der Waals surface area contributed by atoms with E-state index in [0.29, 0.717) is 19.3 Å². The lowest BCUT2D eigenvalue weighted by Gasteiger charge is -2.18. The molecule has 0 bridgehead atoms. The van der Waals surface area contributed by atoms with Crippen LogP contribution in [-0.2, 0) is 28.6 Å². The molecule has 81 heavy (non-hydrogen) atoms. The first kappa shape index (κ1) is 77.3. The standard InChI is InChI=1S/C75H130O6/c1-4-7-10-13-16-19-21-23-25-27-29-31-33-34-35-36-37-38-39-40-42-43-45-47-49-51-53-56-59-62-65-68-74(77)80-71-72(70-79-73(76)67-64-61-58-55-18-15-12-9-6-3)81-75(78)69-66-63-60-57-54-52-50-48-46-44-41-32-30-28-26-24-22-20-17-14-11-8-5-2/h7,10,16,19,23,25,29,31,34-35,37-38,40,42,45,47,72H,4-6,8-9,11-15,17-18,20-22,24,26-28,30,32-33,36,39,41,43-44,46,48-71H2,1-3H3/b10-7-,19-16-,25-23-,31-29-,35-34-,38-37-,42-40-,47-45-. The summed E-state index contributed by atoms with van der Waals surface area (Å²) in [5.74, 6) is -0.880. The van der Waals surface area contributed by atoms with E-state index in [0.717, 1.165) is 122 Å². The van der Waals surface area contributed by atoms with Crippen LogP contribution < -0.4 is 0 Å². The van der Waals surface area contributed by atoms with Gasteiger partial charge in [0.15, 0.2) is 6.10 Å². The van der Waals surface area contributed by atoms with Crippen molar-refractivity contribution in [1.29, 1.82) is 0 Å². The molecule has 0 aromatic rings. The number of rotatable bonds is 63. The van der Waals surface area contributed by atoms with Crippen LogP contribution in [0.3, 0.4) is 0 Å². The fourth-order valence-corrected chi connectivity index (χ4v) is 9.93. The number of allylic oxidation sites excluding steroid dienone is 16. The van der Waals surface area contributed by atoms with Gasteiger partial charge in [-0.1, -0.05) is 336 Å². The summed E-state index contributed by atoms with van der Waals surface area (Å²) in [5, 5.41) is 0. The van der Waals surface area contributed by atoms with Crippen LogP contribution in [0.25, 0.3) is 0 Å². The molecular weight excluding hydrogens is 997 g/mol. The first-order valence-corrected chi connectivity index (χ1v) is 34.7. The van der Waals surface area contributed by atoms with Crippen LogP contribution in [0.2, 0.25) is 0 Å². The largest absolute Gasteiger partial charge is 0.462 e. The lowest BCUT2D eigenvalue weighted by Crippen LogP contribution is -2.30. The summed E-state index contributed by atoms with van der Waals surface area (Å²) in [6, 6.07) is 0. The molecule has 0 rings (SSSR count). The fraction of sp³-hybridized carbons (Fsp3) is 0.747. The van der Waals surface area contributed by atoms with Gasteiger partial charge in [0, 0.05) is 19.3 Å². The molecule has 0 aliphatic heterocycles. The van der Waals surface area contributed by atoms with E-state index in [-0.39, 0.29) is 31.1 Å². The van der Waals surface area contributed by atoms with E-state index in [1.54, 1.807) is 0 Å². The quantitative estimate of drug-likeness (QED) is 0.0261. The van der Waals surface area contributed by atoms with Crippen molar-refractivity contribution in [2.75, 3.05) is 13.2 Å². The smallest absolute Gasteiger partial charge is 0.306 e. The molecule has 0 saturated carbocycles. The molecule has 0 radical (unpaired) electrons. The highest BCUT2D eigenvalue weighted by Gasteiger charge is 2.19. The minimum atomic E-state index is -0.781. The van der Waals surface area contributed by atoms with Crippen molar-refractivity contribution in [3.8, 4) is 0 Å². The predicted molar refractivity (Wildman–Crippen MR) is 353 cm³/mol. The Kier molecular flexibility index (Phi) is 65.7. The zero-order valence-corrected chi connectivity index (χ0v) is 53.5. The Morgan fingerprint density at radius 3 is 0.753 bits per heavy atom. The van der Waals surface area contributed by atoms with Crippen molar-refractivity contribution in [2.45, 2.75) is 348 Å². The van der Waals surface area contributed by atoms with Crippen molar-refractivity contribution in [1.82, 2.24) is 0 Å². The maximum absolute atomic E-state index is 12.9. The van der Waals surface area contributed by atoms with Crippen LogP contribution in [0.1, 0.15) is 342 Å². The van der Waals surface area contributed by atoms with Crippen LogP contribution in [0.15, 0.2) is 97.2 Å². The van der Waals surface area contributed by atoms with Gasteiger partial charge in [-0.3, -0.25) is 14.4 Å². The topological polar surface area (TPSA) is 78.9 Å². The molecule has 466 valence electrons. The molecule has 6 nitrogen and oxygen atoms in total. The Hall–Kier alpha value is -3.67. The molecular formula is C75H130O6. The molecule has 0 fully saturated rings. The van der Waals surface area contributed by atoms with Crippen molar-refractivity contribution in [3.63, 3.8) is 0 Å². The maximum Gasteiger partial charge on any atom is 0.306 e. The fourth-order valence-electron chi connectivity index (χ4n) is 9.93. The van der Waals surface area contributed by atoms with Gasteiger partial charge in [0.2, 0.25) is 0 Å². The number of carbonyl (C=O) groups is 3. The highest BCUT2D eigenvalue weighted by molar-refractivity contribution is 5.71. The Morgan fingerprint density at radius 1 is 0.259 bits per heavy atom. The first-order chi connectivity index (χ1) is 40.0. The summed E-state index contributed by atoms with van der Waals surface area (Å²) in [4.78, 5) is 38.3. The Morgan fingerprint density at radius 2 is 0.481 bits per heavy atom.